The Labute approximate surface area is 85.3 Å². The van der Waals surface area contributed by atoms with Gasteiger partial charge in [0, 0.05) is 6.20 Å². The van der Waals surface area contributed by atoms with Crippen molar-refractivity contribution in [2.24, 2.45) is 0 Å². The van der Waals surface area contributed by atoms with Gasteiger partial charge in [-0.15, -0.1) is 11.8 Å². The second kappa shape index (κ2) is 3.75. The van der Waals surface area contributed by atoms with Gasteiger partial charge in [0.05, 0.1) is 5.88 Å². The lowest BCUT2D eigenvalue weighted by Gasteiger charge is -2.10. The predicted octanol–water partition coefficient (Wildman–Crippen LogP) is 0.847. The summed E-state index contributed by atoms with van der Waals surface area (Å²) >= 11 is 1.48. The molecule has 0 spiro atoms. The van der Waals surface area contributed by atoms with Gasteiger partial charge in [-0.1, -0.05) is 24.3 Å². The highest BCUT2D eigenvalue weighted by atomic mass is 32.2. The van der Waals surface area contributed by atoms with Crippen molar-refractivity contribution < 1.29 is 9.90 Å². The van der Waals surface area contributed by atoms with Crippen molar-refractivity contribution in [3.05, 3.63) is 34.7 Å². The maximum Gasteiger partial charge on any atom is 0.412 e. The SMILES string of the molecule is O=C(O)N1C=c2ccccc2=CSC1. The van der Waals surface area contributed by atoms with Crippen LogP contribution in [0.25, 0.3) is 11.6 Å². The van der Waals surface area contributed by atoms with Gasteiger partial charge in [0.25, 0.3) is 0 Å². The molecule has 1 amide bonds. The van der Waals surface area contributed by atoms with Crippen LogP contribution >= 0.6 is 11.8 Å². The lowest BCUT2D eigenvalue weighted by Crippen LogP contribution is -2.29. The molecule has 1 heterocycles. The summed E-state index contributed by atoms with van der Waals surface area (Å²) in [6.07, 6.45) is 0.747. The molecule has 1 aromatic rings. The van der Waals surface area contributed by atoms with Gasteiger partial charge in [0.2, 0.25) is 0 Å². The molecule has 4 heteroatoms. The van der Waals surface area contributed by atoms with E-state index >= 15 is 0 Å². The molecule has 1 N–H and O–H groups in total. The molecule has 0 radical (unpaired) electrons. The Balaban J connectivity index is 2.57. The van der Waals surface area contributed by atoms with Crippen molar-refractivity contribution in [1.29, 1.82) is 0 Å². The summed E-state index contributed by atoms with van der Waals surface area (Å²) < 4.78 is 0. The van der Waals surface area contributed by atoms with E-state index in [9.17, 15) is 4.79 Å². The number of rotatable bonds is 0. The van der Waals surface area contributed by atoms with Crippen LogP contribution in [0.4, 0.5) is 4.79 Å². The molecule has 2 rings (SSSR count). The van der Waals surface area contributed by atoms with E-state index in [1.165, 1.54) is 16.7 Å². The summed E-state index contributed by atoms with van der Waals surface area (Å²) in [4.78, 5) is 12.1. The van der Waals surface area contributed by atoms with Gasteiger partial charge in [-0.05, 0) is 15.8 Å². The van der Waals surface area contributed by atoms with Gasteiger partial charge in [-0.2, -0.15) is 0 Å². The predicted molar refractivity (Wildman–Crippen MR) is 56.9 cm³/mol. The molecule has 3 nitrogen and oxygen atoms in total. The van der Waals surface area contributed by atoms with Crippen LogP contribution in [0.1, 0.15) is 0 Å². The van der Waals surface area contributed by atoms with Crippen LogP contribution < -0.4 is 10.4 Å². The second-order valence-electron chi connectivity index (χ2n) is 2.92. The third-order valence-electron chi connectivity index (χ3n) is 1.96. The summed E-state index contributed by atoms with van der Waals surface area (Å²) in [5.74, 6) is 0.448. The van der Waals surface area contributed by atoms with E-state index in [2.05, 4.69) is 0 Å². The van der Waals surface area contributed by atoms with Gasteiger partial charge in [-0.25, -0.2) is 4.79 Å². The Morgan fingerprint density at radius 3 is 2.79 bits per heavy atom. The smallest absolute Gasteiger partial charge is 0.412 e. The van der Waals surface area contributed by atoms with Crippen molar-refractivity contribution >= 4 is 29.5 Å². The molecule has 0 aromatic heterocycles. The summed E-state index contributed by atoms with van der Waals surface area (Å²) in [5, 5.41) is 12.9. The number of hydrogen-bond donors (Lipinski definition) is 1. The van der Waals surface area contributed by atoms with E-state index in [0.717, 1.165) is 10.4 Å². The molecular weight excluding hydrogens is 198 g/mol. The summed E-state index contributed by atoms with van der Waals surface area (Å²) in [6, 6.07) is 7.73. The first-order valence-corrected chi connectivity index (χ1v) is 5.20. The fourth-order valence-corrected chi connectivity index (χ4v) is 2.07. The number of nitrogens with zero attached hydrogens (tertiary/aromatic N) is 1. The standard InChI is InChI=1S/C10H9NO2S/c12-10(13)11-5-8-3-1-2-4-9(8)6-14-7-11/h1-6H,7H2,(H,12,13). The number of benzene rings is 1. The average molecular weight is 207 g/mol. The van der Waals surface area contributed by atoms with E-state index in [1.54, 1.807) is 6.20 Å². The first-order valence-electron chi connectivity index (χ1n) is 4.15. The minimum atomic E-state index is -0.914. The fourth-order valence-electron chi connectivity index (χ4n) is 1.26. The lowest BCUT2D eigenvalue weighted by molar-refractivity contribution is 0.173. The molecule has 0 fully saturated rings. The minimum Gasteiger partial charge on any atom is -0.465 e. The largest absolute Gasteiger partial charge is 0.465 e. The normalized spacial score (nSPS) is 14.7. The van der Waals surface area contributed by atoms with Gasteiger partial charge < -0.3 is 5.11 Å². The van der Waals surface area contributed by atoms with Crippen molar-refractivity contribution in [2.75, 3.05) is 5.88 Å². The summed E-state index contributed by atoms with van der Waals surface area (Å²) in [7, 11) is 0. The lowest BCUT2D eigenvalue weighted by atomic mass is 10.2. The number of carbonyl (C=O) groups is 1. The Morgan fingerprint density at radius 2 is 2.07 bits per heavy atom. The van der Waals surface area contributed by atoms with Crippen LogP contribution in [0.5, 0.6) is 0 Å². The van der Waals surface area contributed by atoms with E-state index in [-0.39, 0.29) is 0 Å². The molecule has 0 saturated carbocycles. The second-order valence-corrected chi connectivity index (χ2v) is 3.75. The molecule has 1 aromatic carbocycles. The highest BCUT2D eigenvalue weighted by Crippen LogP contribution is 2.07. The zero-order valence-corrected chi connectivity index (χ0v) is 8.20. The number of amides is 1. The maximum absolute atomic E-state index is 10.8. The summed E-state index contributed by atoms with van der Waals surface area (Å²) in [5.41, 5.74) is 0. The Hall–Kier alpha value is -1.42. The van der Waals surface area contributed by atoms with E-state index in [0.29, 0.717) is 5.88 Å². The van der Waals surface area contributed by atoms with Gasteiger partial charge in [0.1, 0.15) is 0 Å². The van der Waals surface area contributed by atoms with E-state index in [1.807, 2.05) is 29.7 Å². The number of carboxylic acid groups (broad SMARTS) is 1. The maximum atomic E-state index is 10.8. The van der Waals surface area contributed by atoms with Crippen LogP contribution in [0, 0.1) is 0 Å². The molecule has 0 unspecified atom stereocenters. The van der Waals surface area contributed by atoms with Crippen molar-refractivity contribution in [1.82, 2.24) is 4.90 Å². The zero-order chi connectivity index (χ0) is 9.97. The number of thioether (sulfide) groups is 1. The molecule has 1 aliphatic heterocycles. The van der Waals surface area contributed by atoms with Crippen LogP contribution in [-0.4, -0.2) is 22.0 Å². The van der Waals surface area contributed by atoms with Crippen LogP contribution in [0.2, 0.25) is 0 Å². The molecule has 0 aliphatic carbocycles. The monoisotopic (exact) mass is 207 g/mol. The molecular formula is C10H9NO2S. The third kappa shape index (κ3) is 1.75. The molecule has 0 atom stereocenters. The van der Waals surface area contributed by atoms with Crippen LogP contribution in [-0.2, 0) is 0 Å². The molecule has 0 saturated heterocycles. The Kier molecular flexibility index (Phi) is 2.45. The van der Waals surface area contributed by atoms with Gasteiger partial charge in [-0.3, -0.25) is 4.90 Å². The molecule has 14 heavy (non-hydrogen) atoms. The molecule has 0 bridgehead atoms. The third-order valence-corrected chi connectivity index (χ3v) is 2.81. The van der Waals surface area contributed by atoms with Crippen molar-refractivity contribution in [3.63, 3.8) is 0 Å². The van der Waals surface area contributed by atoms with Crippen LogP contribution in [0.15, 0.2) is 24.3 Å². The first-order chi connectivity index (χ1) is 6.77. The summed E-state index contributed by atoms with van der Waals surface area (Å²) in [6.45, 7) is 0. The highest BCUT2D eigenvalue weighted by Gasteiger charge is 2.08. The quantitative estimate of drug-likeness (QED) is 0.685. The van der Waals surface area contributed by atoms with E-state index < -0.39 is 6.09 Å². The van der Waals surface area contributed by atoms with Gasteiger partial charge in [0.15, 0.2) is 0 Å². The number of hydrogen-bond acceptors (Lipinski definition) is 2. The zero-order valence-electron chi connectivity index (χ0n) is 7.38. The van der Waals surface area contributed by atoms with E-state index in [4.69, 9.17) is 5.11 Å². The van der Waals surface area contributed by atoms with Gasteiger partial charge >= 0.3 is 6.09 Å². The number of fused-ring (bicyclic) bond motifs is 1. The first kappa shape index (κ1) is 9.15. The fraction of sp³-hybridized carbons (Fsp3) is 0.100. The van der Waals surface area contributed by atoms with Crippen molar-refractivity contribution in [3.8, 4) is 0 Å². The average Bonchev–Trinajstić information content (AvgIpc) is 2.39. The van der Waals surface area contributed by atoms with Crippen molar-refractivity contribution in [2.45, 2.75) is 0 Å². The minimum absolute atomic E-state index is 0.448. The highest BCUT2D eigenvalue weighted by molar-refractivity contribution is 8.06. The Bertz CT molecular complexity index is 469. The molecule has 1 aliphatic rings. The molecule has 72 valence electrons. The Morgan fingerprint density at radius 1 is 1.36 bits per heavy atom. The van der Waals surface area contributed by atoms with Crippen LogP contribution in [0.3, 0.4) is 0 Å². The topological polar surface area (TPSA) is 40.5 Å².